The number of hydrogen-bond donors (Lipinski definition) is 5. The second-order valence-corrected chi connectivity index (χ2v) is 34.6. The number of unbranched alkanes of at least 4 members (excludes halogenated alkanes) is 2. The number of carbonyl (C=O) groups is 5. The molecule has 5 N–H and O–H groups in total. The van der Waals surface area contributed by atoms with E-state index in [4.69, 9.17) is 34.9 Å². The molecule has 0 amide bonds. The van der Waals surface area contributed by atoms with E-state index in [0.29, 0.717) is 30.4 Å². The lowest BCUT2D eigenvalue weighted by molar-refractivity contribution is -0.432. The molecule has 0 aliphatic heterocycles. The van der Waals surface area contributed by atoms with Crippen LogP contribution in [-0.4, -0.2) is 62.3 Å². The van der Waals surface area contributed by atoms with Crippen LogP contribution in [0, 0.1) is 61.2 Å². The van der Waals surface area contributed by atoms with Gasteiger partial charge in [-0.3, -0.25) is 9.59 Å². The lowest BCUT2D eigenvalue weighted by atomic mass is 9.83. The summed E-state index contributed by atoms with van der Waals surface area (Å²) in [6, 6.07) is 51.3. The SMILES string of the molecule is CC(C)(C)c1cc(C#CCC(=O)O)cc(-c2ccc(C(C)(C)C)c(SOOO)c2)c1.CC(C)(C)c1cc(C#CCC(=O)O)cc(C#Cc2ccc(C(C)(C)C)c(SOOO)c2)c1.CC(C)(C)c1ccc(C#Cc2ccc(C(C)(C)C)c(C(=O)OCCCCCC(=O)[O-])c2)cc1.Cc1ccc(-c2ccc(C)c(C(=O)O)c2)cc1. The summed E-state index contributed by atoms with van der Waals surface area (Å²) >= 11 is 1.87. The van der Waals surface area contributed by atoms with E-state index in [1.54, 1.807) is 12.1 Å². The third-order valence-corrected chi connectivity index (χ3v) is 18.7. The summed E-state index contributed by atoms with van der Waals surface area (Å²) in [5, 5.41) is 61.9. The summed E-state index contributed by atoms with van der Waals surface area (Å²) in [5.41, 5.74) is 17.3. The van der Waals surface area contributed by atoms with Crippen molar-refractivity contribution in [2.75, 3.05) is 6.61 Å². The van der Waals surface area contributed by atoms with E-state index in [-0.39, 0.29) is 64.3 Å². The van der Waals surface area contributed by atoms with Crippen molar-refractivity contribution in [2.45, 2.75) is 219 Å². The summed E-state index contributed by atoms with van der Waals surface area (Å²) in [4.78, 5) is 57.6. The van der Waals surface area contributed by atoms with Crippen molar-refractivity contribution in [3.63, 3.8) is 0 Å². The first-order valence-corrected chi connectivity index (χ1v) is 38.1. The van der Waals surface area contributed by atoms with Crippen LogP contribution >= 0.6 is 24.1 Å². The topological polar surface area (TPSA) is 256 Å². The maximum Gasteiger partial charge on any atom is 0.338 e. The Morgan fingerprint density at radius 2 is 0.812 bits per heavy atom. The van der Waals surface area contributed by atoms with Gasteiger partial charge < -0.3 is 30.0 Å². The van der Waals surface area contributed by atoms with Crippen molar-refractivity contribution < 1.29 is 78.4 Å². The number of benzene rings is 8. The minimum absolute atomic E-state index is 0.0295. The average Bonchev–Trinajstić information content (AvgIpc) is 0.803. The van der Waals surface area contributed by atoms with E-state index >= 15 is 0 Å². The molecular weight excluding hydrogens is 1450 g/mol. The number of ether oxygens (including phenoxy) is 1. The Morgan fingerprint density at radius 1 is 0.384 bits per heavy atom. The fourth-order valence-corrected chi connectivity index (χ4v) is 12.6. The van der Waals surface area contributed by atoms with Crippen molar-refractivity contribution in [3.8, 4) is 69.6 Å². The second-order valence-electron chi connectivity index (χ2n) is 33.1. The van der Waals surface area contributed by atoms with Gasteiger partial charge in [-0.1, -0.05) is 266 Å². The summed E-state index contributed by atoms with van der Waals surface area (Å²) in [6.07, 6.45) is 1.44. The molecule has 8 aromatic rings. The van der Waals surface area contributed by atoms with Gasteiger partial charge in [0.05, 0.1) is 41.8 Å². The first-order valence-electron chi connectivity index (χ1n) is 36.7. The highest BCUT2D eigenvalue weighted by molar-refractivity contribution is 7.94. The molecule has 8 rings (SSSR count). The molecule has 0 aromatic heterocycles. The molecule has 0 saturated heterocycles. The normalized spacial score (nSPS) is 11.3. The maximum atomic E-state index is 12.8. The van der Waals surface area contributed by atoms with Crippen LogP contribution in [0.5, 0.6) is 0 Å². The van der Waals surface area contributed by atoms with E-state index in [9.17, 15) is 29.1 Å². The number of aromatic carboxylic acids is 1. The second kappa shape index (κ2) is 41.9. The van der Waals surface area contributed by atoms with Crippen LogP contribution in [0.2, 0.25) is 0 Å². The van der Waals surface area contributed by atoms with Gasteiger partial charge in [-0.2, -0.15) is 0 Å². The van der Waals surface area contributed by atoms with Crippen LogP contribution in [0.3, 0.4) is 0 Å². The zero-order chi connectivity index (χ0) is 83.5. The van der Waals surface area contributed by atoms with Gasteiger partial charge in [-0.05, 0) is 212 Å². The van der Waals surface area contributed by atoms with Gasteiger partial charge in [0, 0.05) is 49.1 Å². The summed E-state index contributed by atoms with van der Waals surface area (Å²) in [5.74, 6) is 19.8. The fourth-order valence-electron chi connectivity index (χ4n) is 11.1. The fraction of sp³-hybridized carbons (Fsp3) is 0.351. The van der Waals surface area contributed by atoms with Crippen molar-refractivity contribution >= 4 is 53.9 Å². The molecule has 8 aromatic carbocycles. The minimum Gasteiger partial charge on any atom is -0.550 e. The first kappa shape index (κ1) is 92.4. The molecule has 0 heterocycles. The quantitative estimate of drug-likeness (QED) is 0.0134. The molecule has 0 aliphatic carbocycles. The number of carboxylic acid groups (broad SMARTS) is 4. The van der Waals surface area contributed by atoms with Crippen LogP contribution in [-0.2, 0) is 70.4 Å². The molecule has 112 heavy (non-hydrogen) atoms. The number of aryl methyl sites for hydroxylation is 2. The van der Waals surface area contributed by atoms with Gasteiger partial charge in [0.2, 0.25) is 0 Å². The van der Waals surface area contributed by atoms with Gasteiger partial charge in [0.1, 0.15) is 12.8 Å². The van der Waals surface area contributed by atoms with Crippen LogP contribution in [0.4, 0.5) is 0 Å². The van der Waals surface area contributed by atoms with Crippen molar-refractivity contribution in [1.82, 2.24) is 0 Å². The number of aliphatic carboxylic acids is 3. The number of esters is 1. The molecule has 18 heteroatoms. The zero-order valence-corrected chi connectivity index (χ0v) is 69.6. The first-order chi connectivity index (χ1) is 52.3. The monoisotopic (exact) mass is 1550 g/mol. The molecule has 590 valence electrons. The molecule has 0 spiro atoms. The van der Waals surface area contributed by atoms with E-state index in [1.165, 1.54) is 11.1 Å². The Hall–Kier alpha value is -10.2. The molecule has 0 fully saturated rings. The Labute approximate surface area is 670 Å². The highest BCUT2D eigenvalue weighted by Crippen LogP contribution is 2.39. The van der Waals surface area contributed by atoms with Crippen molar-refractivity contribution in [1.29, 1.82) is 0 Å². The third kappa shape index (κ3) is 31.2. The Morgan fingerprint density at radius 3 is 1.30 bits per heavy atom. The molecule has 0 unspecified atom stereocenters. The molecule has 0 radical (unpaired) electrons. The highest BCUT2D eigenvalue weighted by Gasteiger charge is 2.26. The number of rotatable bonds is 18. The molecule has 0 aliphatic rings. The highest BCUT2D eigenvalue weighted by atomic mass is 32.2. The molecule has 16 nitrogen and oxygen atoms in total. The summed E-state index contributed by atoms with van der Waals surface area (Å²) in [6.45, 7) is 42.0. The molecule has 0 bridgehead atoms. The standard InChI is InChI=1S/C29H36O4.C26H28O5S.C24H28O5S.C15H14O2/c1-28(2,3)23-16-13-21(14-17-23)11-12-22-15-18-25(29(4,5)6)24(20-22)27(32)33-19-9-7-8-10-26(30)31;1-25(2,3)21-15-19(8-7-9-24(27)28)14-20(16-21)11-10-18-12-13-22(26(4,5)6)23(17-18)32-31-30-29;1-23(2,3)19-13-16(8-7-9-22(25)26)12-18(14-19)17-10-11-20(24(4,5)6)21(15-17)30-29-28-27;1-10-3-6-12(7-4-10)13-8-5-11(2)14(9-13)15(16)17/h13-18,20H,7-10,19H2,1-6H3,(H,30,31);12-17,29H,9H2,1-6H3,(H,27,28);10-15,27H,9H2,1-6H3,(H,25,26);3-9H,1-2H3,(H,16,17)/p-1. The Balaban J connectivity index is 0.000000273. The van der Waals surface area contributed by atoms with Crippen molar-refractivity contribution in [2.24, 2.45) is 0 Å². The Kier molecular flexibility index (Phi) is 34.6. The summed E-state index contributed by atoms with van der Waals surface area (Å²) < 4.78 is 14.9. The lowest BCUT2D eigenvalue weighted by Gasteiger charge is -2.23. The van der Waals surface area contributed by atoms with E-state index < -0.39 is 23.9 Å². The number of carboxylic acids is 4. The largest absolute Gasteiger partial charge is 0.550 e. The van der Waals surface area contributed by atoms with E-state index in [1.807, 2.05) is 141 Å². The van der Waals surface area contributed by atoms with Gasteiger partial charge in [-0.25, -0.2) is 20.1 Å². The Bertz CT molecular complexity index is 4860. The molecule has 0 atom stereocenters. The van der Waals surface area contributed by atoms with Gasteiger partial charge >= 0.3 is 23.9 Å². The van der Waals surface area contributed by atoms with E-state index in [2.05, 4.69) is 205 Å². The van der Waals surface area contributed by atoms with E-state index in [0.717, 1.165) is 123 Å². The van der Waals surface area contributed by atoms with Crippen LogP contribution in [0.25, 0.3) is 22.3 Å². The van der Waals surface area contributed by atoms with Gasteiger partial charge in [0.25, 0.3) is 0 Å². The van der Waals surface area contributed by atoms with Gasteiger partial charge in [-0.15, -0.1) is 8.67 Å². The smallest absolute Gasteiger partial charge is 0.338 e. The molecule has 0 saturated carbocycles. The average molecular weight is 1550 g/mol. The van der Waals surface area contributed by atoms with Crippen LogP contribution in [0.1, 0.15) is 262 Å². The number of hydrogen-bond acceptors (Lipinski definition) is 15. The molecular formula is C94H105O16S2-. The zero-order valence-electron chi connectivity index (χ0n) is 68.0. The predicted molar refractivity (Wildman–Crippen MR) is 443 cm³/mol. The number of carbonyl (C=O) groups excluding carboxylic acids is 2. The van der Waals surface area contributed by atoms with Crippen LogP contribution < -0.4 is 5.11 Å². The summed E-state index contributed by atoms with van der Waals surface area (Å²) in [7, 11) is 0. The minimum atomic E-state index is -1.05. The third-order valence-electron chi connectivity index (χ3n) is 17.4. The lowest BCUT2D eigenvalue weighted by Crippen LogP contribution is -2.21. The van der Waals surface area contributed by atoms with Crippen molar-refractivity contribution in [3.05, 3.63) is 247 Å². The maximum absolute atomic E-state index is 12.8. The van der Waals surface area contributed by atoms with Gasteiger partial charge in [0.15, 0.2) is 0 Å². The van der Waals surface area contributed by atoms with Crippen LogP contribution in [0.15, 0.2) is 168 Å². The predicted octanol–water partition coefficient (Wildman–Crippen LogP) is 21.0.